The zero-order chi connectivity index (χ0) is 20.8. The maximum absolute atomic E-state index is 12.2. The van der Waals surface area contributed by atoms with Crippen LogP contribution in [0, 0.1) is 17.2 Å². The Kier molecular flexibility index (Phi) is 7.07. The summed E-state index contributed by atoms with van der Waals surface area (Å²) in [5, 5.41) is 32.0. The molecule has 1 aromatic carbocycles. The Balaban J connectivity index is 1.44. The highest BCUT2D eigenvalue weighted by atomic mass is 16.3. The first-order chi connectivity index (χ1) is 14.0. The van der Waals surface area contributed by atoms with Crippen LogP contribution in [-0.4, -0.2) is 71.9 Å². The summed E-state index contributed by atoms with van der Waals surface area (Å²) < 4.78 is 0. The van der Waals surface area contributed by atoms with Crippen molar-refractivity contribution in [2.24, 2.45) is 5.92 Å². The van der Waals surface area contributed by atoms with Crippen LogP contribution in [0.4, 0.5) is 5.69 Å². The van der Waals surface area contributed by atoms with Crippen LogP contribution in [-0.2, 0) is 9.59 Å². The number of anilines is 1. The van der Waals surface area contributed by atoms with Crippen LogP contribution in [0.2, 0.25) is 0 Å². The molecule has 29 heavy (non-hydrogen) atoms. The summed E-state index contributed by atoms with van der Waals surface area (Å²) in [7, 11) is 0. The van der Waals surface area contributed by atoms with Crippen molar-refractivity contribution in [3.05, 3.63) is 29.8 Å². The van der Waals surface area contributed by atoms with E-state index in [9.17, 15) is 25.1 Å². The lowest BCUT2D eigenvalue weighted by Gasteiger charge is -2.34. The van der Waals surface area contributed by atoms with E-state index in [0.717, 1.165) is 44.5 Å². The van der Waals surface area contributed by atoms with E-state index in [1.54, 1.807) is 6.07 Å². The normalized spacial score (nSPS) is 19.5. The topological polar surface area (TPSA) is 117 Å². The number of piperidine rings is 1. The highest BCUT2D eigenvalue weighted by Crippen LogP contribution is 2.25. The molecule has 156 valence electrons. The molecule has 2 aliphatic heterocycles. The fourth-order valence-electron chi connectivity index (χ4n) is 3.97. The second-order valence-corrected chi connectivity index (χ2v) is 7.73. The molecule has 2 amide bonds. The minimum atomic E-state index is -1.76. The predicted molar refractivity (Wildman–Crippen MR) is 107 cm³/mol. The minimum absolute atomic E-state index is 0.239. The van der Waals surface area contributed by atoms with Gasteiger partial charge in [-0.3, -0.25) is 9.59 Å². The van der Waals surface area contributed by atoms with Gasteiger partial charge < -0.3 is 25.3 Å². The van der Waals surface area contributed by atoms with E-state index >= 15 is 0 Å². The Morgan fingerprint density at radius 1 is 1.10 bits per heavy atom. The zero-order valence-corrected chi connectivity index (χ0v) is 16.5. The van der Waals surface area contributed by atoms with Gasteiger partial charge in [-0.15, -0.1) is 0 Å². The number of carbonyl (C=O) groups excluding carboxylic acids is 2. The van der Waals surface area contributed by atoms with E-state index in [4.69, 9.17) is 0 Å². The van der Waals surface area contributed by atoms with Crippen LogP contribution in [0.25, 0.3) is 0 Å². The Morgan fingerprint density at radius 3 is 2.41 bits per heavy atom. The number of hydrogen-bond donors (Lipinski definition) is 3. The van der Waals surface area contributed by atoms with Gasteiger partial charge in [0.25, 0.3) is 11.8 Å². The fraction of sp³-hybridized carbons (Fsp3) is 0.571. The molecular weight excluding hydrogens is 372 g/mol. The van der Waals surface area contributed by atoms with Gasteiger partial charge in [0, 0.05) is 32.7 Å². The Hall–Kier alpha value is -2.63. The lowest BCUT2D eigenvalue weighted by molar-refractivity contribution is -0.152. The van der Waals surface area contributed by atoms with Gasteiger partial charge in [-0.05, 0) is 43.7 Å². The average molecular weight is 400 g/mol. The molecule has 0 spiro atoms. The van der Waals surface area contributed by atoms with Gasteiger partial charge in [0.2, 0.25) is 0 Å². The predicted octanol–water partition coefficient (Wildman–Crippen LogP) is 0.235. The number of aliphatic hydroxyl groups excluding tert-OH is 2. The van der Waals surface area contributed by atoms with Crippen molar-refractivity contribution < 1.29 is 19.8 Å². The van der Waals surface area contributed by atoms with Gasteiger partial charge in [0.05, 0.1) is 11.3 Å². The van der Waals surface area contributed by atoms with Gasteiger partial charge >= 0.3 is 0 Å². The number of aliphatic hydroxyl groups is 2. The first-order valence-corrected chi connectivity index (χ1v) is 10.2. The van der Waals surface area contributed by atoms with Gasteiger partial charge in [-0.25, -0.2) is 0 Å². The molecule has 8 heteroatoms. The quantitative estimate of drug-likeness (QED) is 0.630. The zero-order valence-electron chi connectivity index (χ0n) is 16.5. The van der Waals surface area contributed by atoms with Crippen LogP contribution < -0.4 is 10.2 Å². The van der Waals surface area contributed by atoms with Gasteiger partial charge in [-0.2, -0.15) is 5.26 Å². The number of hydrogen-bond acceptors (Lipinski definition) is 6. The lowest BCUT2D eigenvalue weighted by atomic mass is 9.95. The number of amides is 2. The number of benzene rings is 1. The number of likely N-dealkylation sites (tertiary alicyclic amines) is 1. The van der Waals surface area contributed by atoms with Crippen molar-refractivity contribution in [1.29, 1.82) is 5.26 Å². The molecule has 0 aliphatic carbocycles. The summed E-state index contributed by atoms with van der Waals surface area (Å²) in [6.45, 7) is 3.04. The average Bonchev–Trinajstić information content (AvgIpc) is 3.31. The Bertz CT molecular complexity index is 764. The molecule has 2 atom stereocenters. The number of carbonyl (C=O) groups is 2. The number of rotatable bonds is 6. The first kappa shape index (κ1) is 21.1. The molecule has 2 unspecified atom stereocenters. The van der Waals surface area contributed by atoms with Gasteiger partial charge in [0.15, 0.2) is 12.2 Å². The molecule has 2 fully saturated rings. The van der Waals surface area contributed by atoms with E-state index in [-0.39, 0.29) is 5.92 Å². The number of nitriles is 1. The SMILES string of the molecule is N#Cc1ccccc1N1CCC(CNC(=O)C(O)C(O)C(=O)N2CCCC2)CC1. The van der Waals surface area contributed by atoms with E-state index in [1.165, 1.54) is 4.90 Å². The summed E-state index contributed by atoms with van der Waals surface area (Å²) in [5.74, 6) is -1.07. The van der Waals surface area contributed by atoms with Crippen molar-refractivity contribution in [1.82, 2.24) is 10.2 Å². The minimum Gasteiger partial charge on any atom is -0.380 e. The van der Waals surface area contributed by atoms with Gasteiger partial charge in [-0.1, -0.05) is 12.1 Å². The molecule has 3 rings (SSSR count). The molecule has 3 N–H and O–H groups in total. The molecule has 8 nitrogen and oxygen atoms in total. The molecule has 0 saturated carbocycles. The Labute approximate surface area is 170 Å². The van der Waals surface area contributed by atoms with Crippen LogP contribution in [0.3, 0.4) is 0 Å². The van der Waals surface area contributed by atoms with Crippen LogP contribution in [0.15, 0.2) is 24.3 Å². The van der Waals surface area contributed by atoms with Crippen molar-refractivity contribution in [2.75, 3.05) is 37.6 Å². The fourth-order valence-corrected chi connectivity index (χ4v) is 3.97. The summed E-state index contributed by atoms with van der Waals surface area (Å²) in [5.41, 5.74) is 1.58. The molecule has 2 saturated heterocycles. The van der Waals surface area contributed by atoms with Crippen molar-refractivity contribution in [2.45, 2.75) is 37.9 Å². The summed E-state index contributed by atoms with van der Waals surface area (Å²) >= 11 is 0. The Morgan fingerprint density at radius 2 is 1.76 bits per heavy atom. The summed E-state index contributed by atoms with van der Waals surface area (Å²) in [6, 6.07) is 9.72. The second kappa shape index (κ2) is 9.72. The van der Waals surface area contributed by atoms with Crippen molar-refractivity contribution in [3.8, 4) is 6.07 Å². The number of nitrogens with one attached hydrogen (secondary N) is 1. The molecular formula is C21H28N4O4. The molecule has 0 radical (unpaired) electrons. The number of nitrogens with zero attached hydrogens (tertiary/aromatic N) is 3. The monoisotopic (exact) mass is 400 g/mol. The molecule has 2 heterocycles. The van der Waals surface area contributed by atoms with Crippen LogP contribution >= 0.6 is 0 Å². The third-order valence-electron chi connectivity index (χ3n) is 5.78. The number of para-hydroxylation sites is 1. The van der Waals surface area contributed by atoms with Crippen molar-refractivity contribution >= 4 is 17.5 Å². The maximum atomic E-state index is 12.2. The van der Waals surface area contributed by atoms with Crippen molar-refractivity contribution in [3.63, 3.8) is 0 Å². The standard InChI is InChI=1S/C21H28N4O4/c22-13-16-5-1-2-6-17(16)24-11-7-15(8-12-24)14-23-20(28)18(26)19(27)21(29)25-9-3-4-10-25/h1-2,5-6,15,18-19,26-27H,3-4,7-12,14H2,(H,23,28). The highest BCUT2D eigenvalue weighted by Gasteiger charge is 2.34. The van der Waals surface area contributed by atoms with E-state index in [0.29, 0.717) is 25.2 Å². The third-order valence-corrected chi connectivity index (χ3v) is 5.78. The molecule has 0 aromatic heterocycles. The largest absolute Gasteiger partial charge is 0.380 e. The van der Waals surface area contributed by atoms with E-state index < -0.39 is 24.0 Å². The third kappa shape index (κ3) is 5.05. The summed E-state index contributed by atoms with van der Waals surface area (Å²) in [4.78, 5) is 28.0. The van der Waals surface area contributed by atoms with Gasteiger partial charge in [0.1, 0.15) is 6.07 Å². The highest BCUT2D eigenvalue weighted by molar-refractivity contribution is 5.90. The molecule has 1 aromatic rings. The smallest absolute Gasteiger partial charge is 0.254 e. The maximum Gasteiger partial charge on any atom is 0.254 e. The van der Waals surface area contributed by atoms with E-state index in [2.05, 4.69) is 16.3 Å². The van der Waals surface area contributed by atoms with Crippen LogP contribution in [0.5, 0.6) is 0 Å². The molecule has 2 aliphatic rings. The first-order valence-electron chi connectivity index (χ1n) is 10.2. The molecule has 0 bridgehead atoms. The lowest BCUT2D eigenvalue weighted by Crippen LogP contribution is -2.51. The second-order valence-electron chi connectivity index (χ2n) is 7.73. The summed E-state index contributed by atoms with van der Waals surface area (Å²) in [6.07, 6.45) is -0.0592. The van der Waals surface area contributed by atoms with E-state index in [1.807, 2.05) is 18.2 Å². The van der Waals surface area contributed by atoms with Crippen LogP contribution in [0.1, 0.15) is 31.2 Å².